The van der Waals surface area contributed by atoms with Crippen molar-refractivity contribution in [3.63, 3.8) is 0 Å². The number of likely N-dealkylation sites (N-methyl/N-ethyl adjacent to an activating group) is 1. The van der Waals surface area contributed by atoms with Gasteiger partial charge in [0, 0.05) is 6.54 Å². The summed E-state index contributed by atoms with van der Waals surface area (Å²) in [6, 6.07) is 10.6. The second kappa shape index (κ2) is 6.91. The Morgan fingerprint density at radius 1 is 1.22 bits per heavy atom. The zero-order valence-electron chi connectivity index (χ0n) is 11.6. The molecular formula is C16H25NO. The van der Waals surface area contributed by atoms with Crippen molar-refractivity contribution in [2.24, 2.45) is 5.92 Å². The Kier molecular flexibility index (Phi) is 5.21. The summed E-state index contributed by atoms with van der Waals surface area (Å²) in [6.45, 7) is 3.21. The van der Waals surface area contributed by atoms with Gasteiger partial charge in [-0.05, 0) is 31.4 Å². The van der Waals surface area contributed by atoms with Crippen LogP contribution in [0.15, 0.2) is 30.3 Å². The fraction of sp³-hybridized carbons (Fsp3) is 0.625. The van der Waals surface area contributed by atoms with E-state index in [2.05, 4.69) is 42.6 Å². The van der Waals surface area contributed by atoms with Crippen molar-refractivity contribution in [3.05, 3.63) is 35.9 Å². The van der Waals surface area contributed by atoms with E-state index in [-0.39, 0.29) is 6.10 Å². The maximum Gasteiger partial charge on any atom is 0.0952 e. The number of nitrogens with one attached hydrogen (secondary N) is 1. The van der Waals surface area contributed by atoms with Crippen molar-refractivity contribution in [3.8, 4) is 0 Å². The van der Waals surface area contributed by atoms with Crippen LogP contribution in [0.2, 0.25) is 0 Å². The molecule has 1 aromatic rings. The van der Waals surface area contributed by atoms with Crippen LogP contribution >= 0.6 is 0 Å². The lowest BCUT2D eigenvalue weighted by Crippen LogP contribution is -2.30. The first-order valence-electron chi connectivity index (χ1n) is 7.16. The lowest BCUT2D eigenvalue weighted by atomic mass is 9.87. The Balaban J connectivity index is 2.01. The maximum atomic E-state index is 6.37. The molecule has 0 spiro atoms. The third-order valence-electron chi connectivity index (χ3n) is 3.93. The van der Waals surface area contributed by atoms with Crippen LogP contribution in [0.1, 0.15) is 44.3 Å². The molecule has 2 heteroatoms. The van der Waals surface area contributed by atoms with Crippen LogP contribution in [0.4, 0.5) is 0 Å². The average Bonchev–Trinajstić information content (AvgIpc) is 2.42. The lowest BCUT2D eigenvalue weighted by Gasteiger charge is -2.32. The number of benzene rings is 1. The molecule has 18 heavy (non-hydrogen) atoms. The van der Waals surface area contributed by atoms with E-state index >= 15 is 0 Å². The van der Waals surface area contributed by atoms with Crippen molar-refractivity contribution in [1.29, 1.82) is 0 Å². The fourth-order valence-electron chi connectivity index (χ4n) is 2.79. The van der Waals surface area contributed by atoms with E-state index in [1.807, 2.05) is 7.05 Å². The van der Waals surface area contributed by atoms with Crippen LogP contribution in [0.25, 0.3) is 0 Å². The summed E-state index contributed by atoms with van der Waals surface area (Å²) in [5.74, 6) is 0.696. The fourth-order valence-corrected chi connectivity index (χ4v) is 2.79. The first-order valence-corrected chi connectivity index (χ1v) is 7.16. The van der Waals surface area contributed by atoms with E-state index in [1.165, 1.54) is 31.2 Å². The monoisotopic (exact) mass is 247 g/mol. The van der Waals surface area contributed by atoms with Gasteiger partial charge < -0.3 is 10.1 Å². The highest BCUT2D eigenvalue weighted by Gasteiger charge is 2.25. The highest BCUT2D eigenvalue weighted by Crippen LogP contribution is 2.30. The van der Waals surface area contributed by atoms with Crippen LogP contribution in [0, 0.1) is 5.92 Å². The van der Waals surface area contributed by atoms with Gasteiger partial charge in [0.1, 0.15) is 0 Å². The molecule has 1 aliphatic rings. The average molecular weight is 247 g/mol. The molecule has 0 aromatic heterocycles. The van der Waals surface area contributed by atoms with Gasteiger partial charge in [0.2, 0.25) is 0 Å². The van der Waals surface area contributed by atoms with E-state index in [0.717, 1.165) is 6.54 Å². The molecule has 1 aliphatic carbocycles. The van der Waals surface area contributed by atoms with Gasteiger partial charge in [-0.25, -0.2) is 0 Å². The summed E-state index contributed by atoms with van der Waals surface area (Å²) in [7, 11) is 1.99. The van der Waals surface area contributed by atoms with Gasteiger partial charge in [0.25, 0.3) is 0 Å². The molecule has 0 bridgehead atoms. The second-order valence-corrected chi connectivity index (χ2v) is 5.39. The largest absolute Gasteiger partial charge is 0.369 e. The van der Waals surface area contributed by atoms with Crippen LogP contribution in [-0.4, -0.2) is 19.7 Å². The number of rotatable bonds is 5. The van der Waals surface area contributed by atoms with Crippen LogP contribution < -0.4 is 5.32 Å². The lowest BCUT2D eigenvalue weighted by molar-refractivity contribution is -0.0558. The molecule has 3 atom stereocenters. The quantitative estimate of drug-likeness (QED) is 0.859. The van der Waals surface area contributed by atoms with Crippen LogP contribution in [0.5, 0.6) is 0 Å². The summed E-state index contributed by atoms with van der Waals surface area (Å²) in [4.78, 5) is 0. The Labute approximate surface area is 111 Å². The van der Waals surface area contributed by atoms with E-state index in [0.29, 0.717) is 12.0 Å². The molecule has 0 heterocycles. The van der Waals surface area contributed by atoms with Gasteiger partial charge in [0.15, 0.2) is 0 Å². The maximum absolute atomic E-state index is 6.37. The van der Waals surface area contributed by atoms with Crippen molar-refractivity contribution in [1.82, 2.24) is 5.32 Å². The van der Waals surface area contributed by atoms with E-state index in [4.69, 9.17) is 4.74 Å². The van der Waals surface area contributed by atoms with Crippen molar-refractivity contribution < 1.29 is 4.74 Å². The molecule has 2 rings (SSSR count). The molecule has 100 valence electrons. The highest BCUT2D eigenvalue weighted by atomic mass is 16.5. The normalized spacial score (nSPS) is 25.9. The smallest absolute Gasteiger partial charge is 0.0952 e. The van der Waals surface area contributed by atoms with Gasteiger partial charge in [0.05, 0.1) is 12.2 Å². The summed E-state index contributed by atoms with van der Waals surface area (Å²) in [5.41, 5.74) is 1.28. The molecule has 2 nitrogen and oxygen atoms in total. The molecule has 0 saturated heterocycles. The van der Waals surface area contributed by atoms with E-state index < -0.39 is 0 Å². The van der Waals surface area contributed by atoms with Gasteiger partial charge >= 0.3 is 0 Å². The second-order valence-electron chi connectivity index (χ2n) is 5.39. The predicted molar refractivity (Wildman–Crippen MR) is 75.6 cm³/mol. The molecular weight excluding hydrogens is 222 g/mol. The Bertz CT molecular complexity index is 338. The predicted octanol–water partition coefficient (Wildman–Crippen LogP) is 3.54. The standard InChI is InChI=1S/C16H25NO/c1-13-8-6-7-11-15(13)18-16(12-17-2)14-9-4-3-5-10-14/h3-5,9-10,13,15-17H,6-8,11-12H2,1-2H3. The Morgan fingerprint density at radius 2 is 1.94 bits per heavy atom. The van der Waals surface area contributed by atoms with Gasteiger partial charge in [-0.3, -0.25) is 0 Å². The number of hydrogen-bond donors (Lipinski definition) is 1. The molecule has 1 aromatic carbocycles. The minimum atomic E-state index is 0.182. The summed E-state index contributed by atoms with van der Waals surface area (Å²) >= 11 is 0. The summed E-state index contributed by atoms with van der Waals surface area (Å²) < 4.78 is 6.37. The van der Waals surface area contributed by atoms with Gasteiger partial charge in [-0.15, -0.1) is 0 Å². The summed E-state index contributed by atoms with van der Waals surface area (Å²) in [6.07, 6.45) is 5.82. The minimum absolute atomic E-state index is 0.182. The van der Waals surface area contributed by atoms with E-state index in [9.17, 15) is 0 Å². The Morgan fingerprint density at radius 3 is 2.61 bits per heavy atom. The van der Waals surface area contributed by atoms with Gasteiger partial charge in [-0.2, -0.15) is 0 Å². The highest BCUT2D eigenvalue weighted by molar-refractivity contribution is 5.18. The SMILES string of the molecule is CNCC(OC1CCCCC1C)c1ccccc1. The van der Waals surface area contributed by atoms with Crippen molar-refractivity contribution in [2.45, 2.75) is 44.8 Å². The topological polar surface area (TPSA) is 21.3 Å². The van der Waals surface area contributed by atoms with Crippen LogP contribution in [-0.2, 0) is 4.74 Å². The molecule has 3 unspecified atom stereocenters. The first kappa shape index (κ1) is 13.6. The molecule has 0 radical (unpaired) electrons. The van der Waals surface area contributed by atoms with Crippen molar-refractivity contribution >= 4 is 0 Å². The Hall–Kier alpha value is -0.860. The molecule has 0 amide bonds. The zero-order chi connectivity index (χ0) is 12.8. The molecule has 0 aliphatic heterocycles. The minimum Gasteiger partial charge on any atom is -0.369 e. The number of hydrogen-bond acceptors (Lipinski definition) is 2. The van der Waals surface area contributed by atoms with E-state index in [1.54, 1.807) is 0 Å². The summed E-state index contributed by atoms with van der Waals surface area (Å²) in [5, 5.41) is 3.25. The third kappa shape index (κ3) is 3.56. The molecule has 1 saturated carbocycles. The molecule has 1 fully saturated rings. The van der Waals surface area contributed by atoms with Crippen molar-refractivity contribution in [2.75, 3.05) is 13.6 Å². The van der Waals surface area contributed by atoms with Crippen LogP contribution in [0.3, 0.4) is 0 Å². The molecule has 1 N–H and O–H groups in total. The first-order chi connectivity index (χ1) is 8.81. The van der Waals surface area contributed by atoms with Gasteiger partial charge in [-0.1, -0.05) is 50.1 Å². The third-order valence-corrected chi connectivity index (χ3v) is 3.93. The zero-order valence-corrected chi connectivity index (χ0v) is 11.6. The number of ether oxygens (including phenoxy) is 1.